The van der Waals surface area contributed by atoms with Gasteiger partial charge in [-0.3, -0.25) is 0 Å². The number of aryl methyl sites for hydroxylation is 2. The smallest absolute Gasteiger partial charge is 0.194 e. The fourth-order valence-electron chi connectivity index (χ4n) is 2.10. The fourth-order valence-corrected chi connectivity index (χ4v) is 2.39. The molecule has 0 spiro atoms. The molecule has 1 N–H and O–H groups in total. The second-order valence-corrected chi connectivity index (χ2v) is 5.42. The molecule has 114 valence electrons. The van der Waals surface area contributed by atoms with Crippen molar-refractivity contribution in [2.75, 3.05) is 26.8 Å². The van der Waals surface area contributed by atoms with Gasteiger partial charge in [-0.15, -0.1) is 0 Å². The van der Waals surface area contributed by atoms with Crippen LogP contribution in [0.4, 0.5) is 0 Å². The van der Waals surface area contributed by atoms with Gasteiger partial charge in [0.2, 0.25) is 0 Å². The SMILES string of the molecule is COCCNCCCc1ncc(-c2cc(C)cc(Cl)c2)o1. The molecular weight excluding hydrogens is 288 g/mol. The molecule has 0 atom stereocenters. The first kappa shape index (κ1) is 16.0. The van der Waals surface area contributed by atoms with E-state index in [1.807, 2.05) is 25.1 Å². The van der Waals surface area contributed by atoms with E-state index >= 15 is 0 Å². The molecule has 0 radical (unpaired) electrons. The minimum Gasteiger partial charge on any atom is -0.441 e. The Morgan fingerprint density at radius 1 is 1.29 bits per heavy atom. The molecule has 2 rings (SSSR count). The summed E-state index contributed by atoms with van der Waals surface area (Å²) in [6.07, 6.45) is 3.57. The Labute approximate surface area is 130 Å². The number of methoxy groups -OCH3 is 1. The predicted molar refractivity (Wildman–Crippen MR) is 84.8 cm³/mol. The highest BCUT2D eigenvalue weighted by atomic mass is 35.5. The number of oxazole rings is 1. The Balaban J connectivity index is 1.86. The number of hydrogen-bond acceptors (Lipinski definition) is 4. The summed E-state index contributed by atoms with van der Waals surface area (Å²) >= 11 is 6.07. The van der Waals surface area contributed by atoms with Crippen LogP contribution in [0.5, 0.6) is 0 Å². The molecule has 0 saturated heterocycles. The molecule has 0 unspecified atom stereocenters. The third-order valence-corrected chi connectivity index (χ3v) is 3.33. The first-order valence-electron chi connectivity index (χ1n) is 7.11. The average molecular weight is 309 g/mol. The van der Waals surface area contributed by atoms with Crippen molar-refractivity contribution >= 4 is 11.6 Å². The molecule has 0 saturated carbocycles. The Hall–Kier alpha value is -1.36. The lowest BCUT2D eigenvalue weighted by molar-refractivity contribution is 0.199. The Morgan fingerprint density at radius 3 is 2.90 bits per heavy atom. The molecule has 2 aromatic rings. The zero-order valence-electron chi connectivity index (χ0n) is 12.5. The van der Waals surface area contributed by atoms with Gasteiger partial charge in [0.25, 0.3) is 0 Å². The van der Waals surface area contributed by atoms with Gasteiger partial charge >= 0.3 is 0 Å². The van der Waals surface area contributed by atoms with Crippen molar-refractivity contribution in [3.05, 3.63) is 40.9 Å². The van der Waals surface area contributed by atoms with Gasteiger partial charge in [0.05, 0.1) is 12.8 Å². The summed E-state index contributed by atoms with van der Waals surface area (Å²) in [7, 11) is 1.70. The highest BCUT2D eigenvalue weighted by Gasteiger charge is 2.07. The minimum atomic E-state index is 0.713. The number of rotatable bonds is 8. The van der Waals surface area contributed by atoms with Crippen molar-refractivity contribution in [3.8, 4) is 11.3 Å². The second-order valence-electron chi connectivity index (χ2n) is 4.98. The van der Waals surface area contributed by atoms with Crippen molar-refractivity contribution in [1.29, 1.82) is 0 Å². The fraction of sp³-hybridized carbons (Fsp3) is 0.438. The molecule has 0 aliphatic heterocycles. The predicted octanol–water partition coefficient (Wildman–Crippen LogP) is 3.47. The van der Waals surface area contributed by atoms with Gasteiger partial charge in [-0.2, -0.15) is 0 Å². The maximum Gasteiger partial charge on any atom is 0.194 e. The van der Waals surface area contributed by atoms with Crippen LogP contribution in [0.2, 0.25) is 5.02 Å². The molecule has 4 nitrogen and oxygen atoms in total. The average Bonchev–Trinajstić information content (AvgIpc) is 2.90. The van der Waals surface area contributed by atoms with E-state index in [-0.39, 0.29) is 0 Å². The first-order valence-corrected chi connectivity index (χ1v) is 7.49. The Bertz CT molecular complexity index is 549. The molecule has 5 heteroatoms. The molecule has 0 bridgehead atoms. The Morgan fingerprint density at radius 2 is 2.14 bits per heavy atom. The highest BCUT2D eigenvalue weighted by molar-refractivity contribution is 6.30. The van der Waals surface area contributed by atoms with Crippen molar-refractivity contribution in [2.24, 2.45) is 0 Å². The summed E-state index contributed by atoms with van der Waals surface area (Å²) in [5.41, 5.74) is 2.08. The van der Waals surface area contributed by atoms with Gasteiger partial charge in [-0.1, -0.05) is 11.6 Å². The molecular formula is C16H21ClN2O2. The highest BCUT2D eigenvalue weighted by Crippen LogP contribution is 2.25. The van der Waals surface area contributed by atoms with Crippen LogP contribution >= 0.6 is 11.6 Å². The van der Waals surface area contributed by atoms with Gasteiger partial charge in [-0.05, 0) is 43.7 Å². The van der Waals surface area contributed by atoms with Crippen LogP contribution in [0.25, 0.3) is 11.3 Å². The summed E-state index contributed by atoms with van der Waals surface area (Å²) in [4.78, 5) is 4.32. The maximum atomic E-state index is 6.07. The van der Waals surface area contributed by atoms with E-state index in [0.29, 0.717) is 5.02 Å². The van der Waals surface area contributed by atoms with Crippen LogP contribution in [-0.4, -0.2) is 31.8 Å². The third-order valence-electron chi connectivity index (χ3n) is 3.11. The zero-order chi connectivity index (χ0) is 15.1. The quantitative estimate of drug-likeness (QED) is 0.759. The number of nitrogens with one attached hydrogen (secondary N) is 1. The Kier molecular flexibility index (Phi) is 6.23. The van der Waals surface area contributed by atoms with Crippen LogP contribution in [0, 0.1) is 6.92 Å². The van der Waals surface area contributed by atoms with Crippen molar-refractivity contribution in [3.63, 3.8) is 0 Å². The second kappa shape index (κ2) is 8.17. The van der Waals surface area contributed by atoms with Gasteiger partial charge in [0.1, 0.15) is 0 Å². The summed E-state index contributed by atoms with van der Waals surface area (Å²) in [6, 6.07) is 5.86. The third kappa shape index (κ3) is 5.16. The molecule has 1 aromatic heterocycles. The summed E-state index contributed by atoms with van der Waals surface area (Å²) in [5.74, 6) is 1.53. The minimum absolute atomic E-state index is 0.713. The van der Waals surface area contributed by atoms with E-state index in [9.17, 15) is 0 Å². The van der Waals surface area contributed by atoms with Crippen LogP contribution in [0.3, 0.4) is 0 Å². The lowest BCUT2D eigenvalue weighted by Gasteiger charge is -2.02. The lowest BCUT2D eigenvalue weighted by Crippen LogP contribution is -2.20. The number of aromatic nitrogens is 1. The maximum absolute atomic E-state index is 6.07. The van der Waals surface area contributed by atoms with Crippen molar-refractivity contribution in [2.45, 2.75) is 19.8 Å². The lowest BCUT2D eigenvalue weighted by atomic mass is 10.1. The van der Waals surface area contributed by atoms with E-state index in [1.165, 1.54) is 0 Å². The van der Waals surface area contributed by atoms with Crippen LogP contribution < -0.4 is 5.32 Å². The normalized spacial score (nSPS) is 11.0. The van der Waals surface area contributed by atoms with Crippen LogP contribution in [0.1, 0.15) is 17.9 Å². The van der Waals surface area contributed by atoms with Crippen molar-refractivity contribution in [1.82, 2.24) is 10.3 Å². The molecule has 0 aliphatic carbocycles. The van der Waals surface area contributed by atoms with Crippen molar-refractivity contribution < 1.29 is 9.15 Å². The molecule has 1 aromatic carbocycles. The van der Waals surface area contributed by atoms with E-state index in [2.05, 4.69) is 10.3 Å². The molecule has 1 heterocycles. The van der Waals surface area contributed by atoms with Gasteiger partial charge < -0.3 is 14.5 Å². The summed E-state index contributed by atoms with van der Waals surface area (Å²) in [6.45, 7) is 4.54. The topological polar surface area (TPSA) is 47.3 Å². The first-order chi connectivity index (χ1) is 10.2. The van der Waals surface area contributed by atoms with E-state index < -0.39 is 0 Å². The largest absolute Gasteiger partial charge is 0.441 e. The molecule has 0 aliphatic rings. The molecule has 21 heavy (non-hydrogen) atoms. The molecule has 0 amide bonds. The summed E-state index contributed by atoms with van der Waals surface area (Å²) < 4.78 is 10.8. The van der Waals surface area contributed by atoms with Gasteiger partial charge in [0.15, 0.2) is 11.7 Å². The number of hydrogen-bond donors (Lipinski definition) is 1. The summed E-state index contributed by atoms with van der Waals surface area (Å²) in [5, 5.41) is 4.01. The van der Waals surface area contributed by atoms with Crippen LogP contribution in [-0.2, 0) is 11.2 Å². The van der Waals surface area contributed by atoms with Gasteiger partial charge in [0, 0.05) is 30.7 Å². The van der Waals surface area contributed by atoms with Crippen LogP contribution in [0.15, 0.2) is 28.8 Å². The van der Waals surface area contributed by atoms with Gasteiger partial charge in [-0.25, -0.2) is 4.98 Å². The van der Waals surface area contributed by atoms with E-state index in [0.717, 1.165) is 55.3 Å². The van der Waals surface area contributed by atoms with E-state index in [4.69, 9.17) is 20.8 Å². The number of benzene rings is 1. The van der Waals surface area contributed by atoms with E-state index in [1.54, 1.807) is 13.3 Å². The standard InChI is InChI=1S/C16H21ClN2O2/c1-12-8-13(10-14(17)9-12)15-11-19-16(21-15)4-3-5-18-6-7-20-2/h8-11,18H,3-7H2,1-2H3. The monoisotopic (exact) mass is 308 g/mol. The number of halogens is 1. The number of ether oxygens (including phenoxy) is 1. The number of nitrogens with zero attached hydrogens (tertiary/aromatic N) is 1. The zero-order valence-corrected chi connectivity index (χ0v) is 13.2. The molecule has 0 fully saturated rings.